The van der Waals surface area contributed by atoms with Crippen LogP contribution >= 0.6 is 23.5 Å². The second kappa shape index (κ2) is 17.1. The van der Waals surface area contributed by atoms with Crippen LogP contribution in [0.25, 0.3) is 0 Å². The number of thioether (sulfide) groups is 2. The third-order valence-corrected chi connectivity index (χ3v) is 11.1. The molecule has 5 atom stereocenters. The SMILES string of the molecule is CC(CCCC1CCCC(c2ccccc2C2CCCC(CCCC(C)(C)CO)S2)S1)C(=O)O.CCC. The molecule has 0 amide bonds. The normalized spacial score (nSPS) is 25.1. The Bertz CT molecular complexity index is 781. The molecular formula is C32H54O3S2. The molecule has 2 aliphatic rings. The lowest BCUT2D eigenvalue weighted by atomic mass is 9.87. The zero-order valence-corrected chi connectivity index (χ0v) is 25.8. The molecule has 0 saturated carbocycles. The Morgan fingerprint density at radius 1 is 0.946 bits per heavy atom. The summed E-state index contributed by atoms with van der Waals surface area (Å²) in [5.74, 6) is -0.889. The molecule has 5 heteroatoms. The molecule has 2 heterocycles. The average Bonchev–Trinajstić information content (AvgIpc) is 2.89. The Labute approximate surface area is 236 Å². The Morgan fingerprint density at radius 3 is 1.89 bits per heavy atom. The van der Waals surface area contributed by atoms with E-state index in [1.807, 2.05) is 6.92 Å². The maximum Gasteiger partial charge on any atom is 0.306 e. The number of aliphatic hydroxyl groups is 1. The predicted molar refractivity (Wildman–Crippen MR) is 164 cm³/mol. The van der Waals surface area contributed by atoms with Gasteiger partial charge in [-0.1, -0.05) is 91.0 Å². The molecule has 2 aliphatic heterocycles. The van der Waals surface area contributed by atoms with E-state index >= 15 is 0 Å². The number of hydrogen-bond donors (Lipinski definition) is 2. The van der Waals surface area contributed by atoms with E-state index in [1.54, 1.807) is 11.1 Å². The van der Waals surface area contributed by atoms with Crippen LogP contribution in [0.4, 0.5) is 0 Å². The van der Waals surface area contributed by atoms with Gasteiger partial charge in [0.2, 0.25) is 0 Å². The Kier molecular flexibility index (Phi) is 15.1. The summed E-state index contributed by atoms with van der Waals surface area (Å²) in [6.45, 7) is 10.7. The van der Waals surface area contributed by atoms with Crippen LogP contribution in [0.1, 0.15) is 140 Å². The van der Waals surface area contributed by atoms with Gasteiger partial charge in [-0.05, 0) is 67.9 Å². The predicted octanol–water partition coefficient (Wildman–Crippen LogP) is 9.84. The number of aliphatic hydroxyl groups excluding tert-OH is 1. The van der Waals surface area contributed by atoms with Gasteiger partial charge in [0.05, 0.1) is 5.92 Å². The molecule has 2 fully saturated rings. The van der Waals surface area contributed by atoms with Crippen molar-refractivity contribution in [2.24, 2.45) is 11.3 Å². The highest BCUT2D eigenvalue weighted by atomic mass is 32.2. The maximum absolute atomic E-state index is 11.1. The van der Waals surface area contributed by atoms with E-state index < -0.39 is 5.97 Å². The topological polar surface area (TPSA) is 57.5 Å². The summed E-state index contributed by atoms with van der Waals surface area (Å²) in [7, 11) is 0. The number of benzene rings is 1. The number of aliphatic carboxylic acids is 1. The zero-order valence-electron chi connectivity index (χ0n) is 24.2. The molecule has 5 unspecified atom stereocenters. The first kappa shape index (κ1) is 32.6. The smallest absolute Gasteiger partial charge is 0.306 e. The lowest BCUT2D eigenvalue weighted by molar-refractivity contribution is -0.141. The van der Waals surface area contributed by atoms with Crippen molar-refractivity contribution >= 4 is 29.5 Å². The fourth-order valence-corrected chi connectivity index (χ4v) is 8.91. The first-order chi connectivity index (χ1) is 17.7. The fourth-order valence-electron chi connectivity index (χ4n) is 5.44. The van der Waals surface area contributed by atoms with Crippen LogP contribution in [0.15, 0.2) is 24.3 Å². The zero-order chi connectivity index (χ0) is 27.3. The standard InChI is InChI=1S/C29H46O3S2.C3H8/c1-21(28(31)32)10-6-11-22-12-7-17-26(33-22)24-15-4-5-16-25(24)27-18-8-13-23(34-27)14-9-19-29(2,3)20-30;1-3-2/h4-5,15-16,21-23,26-27,30H,6-14,17-20H2,1-3H3,(H,31,32);3H2,1-2H3. The summed E-state index contributed by atoms with van der Waals surface area (Å²) in [4.78, 5) is 11.1. The molecule has 37 heavy (non-hydrogen) atoms. The highest BCUT2D eigenvalue weighted by molar-refractivity contribution is 8.00. The van der Waals surface area contributed by atoms with Gasteiger partial charge < -0.3 is 10.2 Å². The van der Waals surface area contributed by atoms with Crippen molar-refractivity contribution in [1.29, 1.82) is 0 Å². The van der Waals surface area contributed by atoms with Crippen LogP contribution < -0.4 is 0 Å². The average molecular weight is 551 g/mol. The lowest BCUT2D eigenvalue weighted by Gasteiger charge is -2.34. The minimum Gasteiger partial charge on any atom is -0.481 e. The van der Waals surface area contributed by atoms with Gasteiger partial charge >= 0.3 is 5.97 Å². The van der Waals surface area contributed by atoms with Crippen molar-refractivity contribution in [2.45, 2.75) is 139 Å². The van der Waals surface area contributed by atoms with Gasteiger partial charge in [0, 0.05) is 27.6 Å². The molecule has 0 spiro atoms. The van der Waals surface area contributed by atoms with E-state index in [2.05, 4.69) is 75.5 Å². The number of rotatable bonds is 12. The quantitative estimate of drug-likeness (QED) is 0.271. The number of carbonyl (C=O) groups is 1. The monoisotopic (exact) mass is 550 g/mol. The third kappa shape index (κ3) is 11.5. The molecule has 3 rings (SSSR count). The second-order valence-electron chi connectivity index (χ2n) is 12.1. The van der Waals surface area contributed by atoms with Crippen LogP contribution in [0.5, 0.6) is 0 Å². The molecule has 0 aromatic heterocycles. The first-order valence-corrected chi connectivity index (χ1v) is 16.8. The van der Waals surface area contributed by atoms with Crippen molar-refractivity contribution in [2.75, 3.05) is 6.61 Å². The van der Waals surface area contributed by atoms with Crippen LogP contribution in [0, 0.1) is 11.3 Å². The molecule has 2 saturated heterocycles. The molecule has 212 valence electrons. The summed E-state index contributed by atoms with van der Waals surface area (Å²) < 4.78 is 0. The molecular weight excluding hydrogens is 496 g/mol. The molecule has 0 radical (unpaired) electrons. The molecule has 0 aliphatic carbocycles. The van der Waals surface area contributed by atoms with Crippen LogP contribution in [-0.2, 0) is 4.79 Å². The summed E-state index contributed by atoms with van der Waals surface area (Å²) in [5, 5.41) is 21.3. The van der Waals surface area contributed by atoms with Crippen molar-refractivity contribution < 1.29 is 15.0 Å². The largest absolute Gasteiger partial charge is 0.481 e. The summed E-state index contributed by atoms with van der Waals surface area (Å²) in [6, 6.07) is 9.23. The van der Waals surface area contributed by atoms with Crippen LogP contribution in [0.3, 0.4) is 0 Å². The summed E-state index contributed by atoms with van der Waals surface area (Å²) in [5.41, 5.74) is 3.19. The minimum absolute atomic E-state index is 0.0474. The van der Waals surface area contributed by atoms with Crippen molar-refractivity contribution in [3.05, 3.63) is 35.4 Å². The minimum atomic E-state index is -0.663. The van der Waals surface area contributed by atoms with Gasteiger partial charge in [-0.2, -0.15) is 23.5 Å². The molecule has 1 aromatic carbocycles. The first-order valence-electron chi connectivity index (χ1n) is 14.9. The van der Waals surface area contributed by atoms with Crippen molar-refractivity contribution in [3.63, 3.8) is 0 Å². The molecule has 3 nitrogen and oxygen atoms in total. The summed E-state index contributed by atoms with van der Waals surface area (Å²) in [6.07, 6.45) is 15.5. The van der Waals surface area contributed by atoms with Crippen molar-refractivity contribution in [1.82, 2.24) is 0 Å². The van der Waals surface area contributed by atoms with Crippen molar-refractivity contribution in [3.8, 4) is 0 Å². The van der Waals surface area contributed by atoms with E-state index in [9.17, 15) is 9.90 Å². The van der Waals surface area contributed by atoms with E-state index in [1.165, 1.54) is 57.8 Å². The van der Waals surface area contributed by atoms with Gasteiger partial charge in [0.1, 0.15) is 0 Å². The fraction of sp³-hybridized carbons (Fsp3) is 0.781. The second-order valence-corrected chi connectivity index (χ2v) is 15.1. The van der Waals surface area contributed by atoms with Gasteiger partial charge in [-0.15, -0.1) is 0 Å². The van der Waals surface area contributed by atoms with E-state index in [-0.39, 0.29) is 17.9 Å². The van der Waals surface area contributed by atoms with E-state index in [4.69, 9.17) is 5.11 Å². The molecule has 2 N–H and O–H groups in total. The van der Waals surface area contributed by atoms with E-state index in [0.29, 0.717) is 15.7 Å². The third-order valence-electron chi connectivity index (χ3n) is 7.78. The van der Waals surface area contributed by atoms with Gasteiger partial charge in [-0.25, -0.2) is 0 Å². The Balaban J connectivity index is 0.00000153. The lowest BCUT2D eigenvalue weighted by Crippen LogP contribution is -2.19. The van der Waals surface area contributed by atoms with Crippen LogP contribution in [-0.4, -0.2) is 33.3 Å². The summed E-state index contributed by atoms with van der Waals surface area (Å²) >= 11 is 4.38. The number of carboxylic acids is 1. The van der Waals surface area contributed by atoms with E-state index in [0.717, 1.165) is 30.9 Å². The highest BCUT2D eigenvalue weighted by Crippen LogP contribution is 2.50. The maximum atomic E-state index is 11.1. The van der Waals surface area contributed by atoms with Gasteiger partial charge in [0.15, 0.2) is 0 Å². The Morgan fingerprint density at radius 2 is 1.43 bits per heavy atom. The molecule has 1 aromatic rings. The van der Waals surface area contributed by atoms with Gasteiger partial charge in [0.25, 0.3) is 0 Å². The van der Waals surface area contributed by atoms with Crippen LogP contribution in [0.2, 0.25) is 0 Å². The number of hydrogen-bond acceptors (Lipinski definition) is 4. The highest BCUT2D eigenvalue weighted by Gasteiger charge is 2.30. The number of carboxylic acid groups (broad SMARTS) is 1. The van der Waals surface area contributed by atoms with Gasteiger partial charge in [-0.3, -0.25) is 4.79 Å². The molecule has 0 bridgehead atoms. The Hall–Kier alpha value is -0.650.